The molecule has 0 unspecified atom stereocenters. The maximum atomic E-state index is 5.67. The molecule has 2 nitrogen and oxygen atoms in total. The molecule has 0 atom stereocenters. The Morgan fingerprint density at radius 1 is 1.17 bits per heavy atom. The van der Waals surface area contributed by atoms with Crippen molar-refractivity contribution in [3.05, 3.63) is 0 Å². The molecule has 0 bridgehead atoms. The maximum absolute atomic E-state index is 5.67. The highest BCUT2D eigenvalue weighted by Crippen LogP contribution is 2.23. The Labute approximate surface area is 75.2 Å². The van der Waals surface area contributed by atoms with Gasteiger partial charge in [-0.2, -0.15) is 0 Å². The Bertz CT molecular complexity index is 115. The van der Waals surface area contributed by atoms with E-state index < -0.39 is 0 Å². The van der Waals surface area contributed by atoms with Gasteiger partial charge in [-0.3, -0.25) is 0 Å². The van der Waals surface area contributed by atoms with Gasteiger partial charge in [0.1, 0.15) is 0 Å². The van der Waals surface area contributed by atoms with E-state index in [0.29, 0.717) is 0 Å². The van der Waals surface area contributed by atoms with E-state index in [9.17, 15) is 0 Å². The Balaban J connectivity index is 2.32. The van der Waals surface area contributed by atoms with Crippen molar-refractivity contribution in [3.63, 3.8) is 0 Å². The molecule has 2 heteroatoms. The van der Waals surface area contributed by atoms with Crippen LogP contribution in [0.25, 0.3) is 0 Å². The van der Waals surface area contributed by atoms with Crippen molar-refractivity contribution >= 4 is 0 Å². The van der Waals surface area contributed by atoms with Crippen molar-refractivity contribution in [2.75, 3.05) is 13.2 Å². The van der Waals surface area contributed by atoms with Gasteiger partial charge in [0.2, 0.25) is 0 Å². The van der Waals surface area contributed by atoms with E-state index in [4.69, 9.17) is 9.47 Å². The van der Waals surface area contributed by atoms with Crippen LogP contribution >= 0.6 is 0 Å². The van der Waals surface area contributed by atoms with E-state index >= 15 is 0 Å². The number of unbranched alkanes of at least 4 members (excludes halogenated alkanes) is 1. The summed E-state index contributed by atoms with van der Waals surface area (Å²) >= 11 is 0. The van der Waals surface area contributed by atoms with Crippen LogP contribution < -0.4 is 0 Å². The smallest absolute Gasteiger partial charge is 0.165 e. The molecule has 72 valence electrons. The minimum atomic E-state index is -0.285. The second-order valence-corrected chi connectivity index (χ2v) is 3.64. The molecule has 0 radical (unpaired) electrons. The Morgan fingerprint density at radius 2 is 1.75 bits per heavy atom. The molecular formula is C10H20O2. The van der Waals surface area contributed by atoms with Crippen LogP contribution in [0.1, 0.15) is 46.0 Å². The molecule has 0 aromatic heterocycles. The molecule has 1 fully saturated rings. The molecule has 0 aromatic rings. The van der Waals surface area contributed by atoms with Gasteiger partial charge in [0.15, 0.2) is 5.79 Å². The van der Waals surface area contributed by atoms with Crippen molar-refractivity contribution in [3.8, 4) is 0 Å². The summed E-state index contributed by atoms with van der Waals surface area (Å²) in [4.78, 5) is 0. The summed E-state index contributed by atoms with van der Waals surface area (Å²) in [6.45, 7) is 5.98. The fourth-order valence-electron chi connectivity index (χ4n) is 1.46. The molecule has 1 rings (SSSR count). The van der Waals surface area contributed by atoms with Gasteiger partial charge in [-0.1, -0.05) is 13.3 Å². The van der Waals surface area contributed by atoms with Crippen molar-refractivity contribution in [1.29, 1.82) is 0 Å². The average Bonchev–Trinajstić information content (AvgIpc) is 2.27. The zero-order chi connectivity index (χ0) is 8.86. The van der Waals surface area contributed by atoms with Crippen LogP contribution in [0.5, 0.6) is 0 Å². The van der Waals surface area contributed by atoms with Crippen LogP contribution in [0, 0.1) is 0 Å². The summed E-state index contributed by atoms with van der Waals surface area (Å²) in [5, 5.41) is 0. The summed E-state index contributed by atoms with van der Waals surface area (Å²) in [7, 11) is 0. The predicted molar refractivity (Wildman–Crippen MR) is 49.1 cm³/mol. The zero-order valence-electron chi connectivity index (χ0n) is 8.27. The van der Waals surface area contributed by atoms with Crippen LogP contribution in [-0.2, 0) is 9.47 Å². The van der Waals surface area contributed by atoms with Crippen LogP contribution in [0.15, 0.2) is 0 Å². The fraction of sp³-hybridized carbons (Fsp3) is 1.00. The molecule has 0 aliphatic carbocycles. The van der Waals surface area contributed by atoms with E-state index in [1.807, 2.05) is 0 Å². The maximum Gasteiger partial charge on any atom is 0.165 e. The predicted octanol–water partition coefficient (Wildman–Crippen LogP) is 2.72. The van der Waals surface area contributed by atoms with Crippen LogP contribution in [0.4, 0.5) is 0 Å². The highest BCUT2D eigenvalue weighted by Gasteiger charge is 2.26. The first-order valence-electron chi connectivity index (χ1n) is 5.05. The molecule has 1 saturated heterocycles. The Kier molecular flexibility index (Phi) is 4.02. The highest BCUT2D eigenvalue weighted by molar-refractivity contribution is 4.65. The third kappa shape index (κ3) is 3.11. The van der Waals surface area contributed by atoms with Gasteiger partial charge in [0.05, 0.1) is 13.2 Å². The van der Waals surface area contributed by atoms with Crippen molar-refractivity contribution in [1.82, 2.24) is 0 Å². The van der Waals surface area contributed by atoms with E-state index in [1.165, 1.54) is 12.8 Å². The molecule has 0 N–H and O–H groups in total. The lowest BCUT2D eigenvalue weighted by atomic mass is 10.1. The average molecular weight is 172 g/mol. The standard InChI is InChI=1S/C10H20O2/c1-3-4-7-10(2)11-8-5-6-9-12-10/h3-9H2,1-2H3. The molecular weight excluding hydrogens is 152 g/mol. The molecule has 0 amide bonds. The SMILES string of the molecule is CCCCC1(C)OCCCCO1. The molecule has 0 saturated carbocycles. The highest BCUT2D eigenvalue weighted by atomic mass is 16.7. The molecule has 12 heavy (non-hydrogen) atoms. The second kappa shape index (κ2) is 4.83. The number of ether oxygens (including phenoxy) is 2. The zero-order valence-corrected chi connectivity index (χ0v) is 8.27. The third-order valence-corrected chi connectivity index (χ3v) is 2.34. The molecule has 1 aliphatic heterocycles. The van der Waals surface area contributed by atoms with Gasteiger partial charge >= 0.3 is 0 Å². The minimum absolute atomic E-state index is 0.285. The quantitative estimate of drug-likeness (QED) is 0.651. The third-order valence-electron chi connectivity index (χ3n) is 2.34. The van der Waals surface area contributed by atoms with E-state index in [2.05, 4.69) is 13.8 Å². The number of hydrogen-bond donors (Lipinski definition) is 0. The Morgan fingerprint density at radius 3 is 2.25 bits per heavy atom. The van der Waals surface area contributed by atoms with E-state index in [0.717, 1.165) is 32.5 Å². The van der Waals surface area contributed by atoms with Gasteiger partial charge < -0.3 is 9.47 Å². The van der Waals surface area contributed by atoms with Gasteiger partial charge in [-0.25, -0.2) is 0 Å². The molecule has 0 aromatic carbocycles. The van der Waals surface area contributed by atoms with Crippen molar-refractivity contribution < 1.29 is 9.47 Å². The number of hydrogen-bond acceptors (Lipinski definition) is 2. The topological polar surface area (TPSA) is 18.5 Å². The largest absolute Gasteiger partial charge is 0.350 e. The lowest BCUT2D eigenvalue weighted by Crippen LogP contribution is -2.31. The summed E-state index contributed by atoms with van der Waals surface area (Å²) < 4.78 is 11.3. The molecule has 0 spiro atoms. The van der Waals surface area contributed by atoms with Gasteiger partial charge in [0.25, 0.3) is 0 Å². The monoisotopic (exact) mass is 172 g/mol. The first-order valence-corrected chi connectivity index (χ1v) is 5.05. The molecule has 1 aliphatic rings. The lowest BCUT2D eigenvalue weighted by molar-refractivity contribution is -0.217. The van der Waals surface area contributed by atoms with Crippen molar-refractivity contribution in [2.45, 2.75) is 51.7 Å². The Hall–Kier alpha value is -0.0800. The minimum Gasteiger partial charge on any atom is -0.350 e. The molecule has 1 heterocycles. The summed E-state index contributed by atoms with van der Waals surface area (Å²) in [6.07, 6.45) is 5.71. The summed E-state index contributed by atoms with van der Waals surface area (Å²) in [6, 6.07) is 0. The second-order valence-electron chi connectivity index (χ2n) is 3.64. The van der Waals surface area contributed by atoms with Gasteiger partial charge in [-0.15, -0.1) is 0 Å². The van der Waals surface area contributed by atoms with Crippen LogP contribution in [0.2, 0.25) is 0 Å². The number of rotatable bonds is 3. The van der Waals surface area contributed by atoms with E-state index in [1.54, 1.807) is 0 Å². The van der Waals surface area contributed by atoms with Crippen LogP contribution in [0.3, 0.4) is 0 Å². The normalized spacial score (nSPS) is 23.5. The first kappa shape index (κ1) is 10.0. The van der Waals surface area contributed by atoms with Gasteiger partial charge in [0, 0.05) is 6.42 Å². The fourth-order valence-corrected chi connectivity index (χ4v) is 1.46. The van der Waals surface area contributed by atoms with Crippen LogP contribution in [-0.4, -0.2) is 19.0 Å². The summed E-state index contributed by atoms with van der Waals surface area (Å²) in [5.74, 6) is -0.285. The lowest BCUT2D eigenvalue weighted by Gasteiger charge is -2.27. The van der Waals surface area contributed by atoms with Crippen molar-refractivity contribution in [2.24, 2.45) is 0 Å². The first-order chi connectivity index (χ1) is 5.77. The summed E-state index contributed by atoms with van der Waals surface area (Å²) in [5.41, 5.74) is 0. The van der Waals surface area contributed by atoms with Gasteiger partial charge in [-0.05, 0) is 26.2 Å². The van der Waals surface area contributed by atoms with E-state index in [-0.39, 0.29) is 5.79 Å².